The highest BCUT2D eigenvalue weighted by Crippen LogP contribution is 2.25. The standard InChI is InChI=1S/C16H24N2O3/c1-20-13-7-8-15(14(17)9-13)18-16(19)11-21-10-12-5-3-2-4-6-12/h7-9,12H,2-6,10-11,17H2,1H3,(H,18,19). The van der Waals surface area contributed by atoms with E-state index in [2.05, 4.69) is 5.32 Å². The lowest BCUT2D eigenvalue weighted by Gasteiger charge is -2.21. The van der Waals surface area contributed by atoms with Crippen LogP contribution >= 0.6 is 0 Å². The number of hydrogen-bond acceptors (Lipinski definition) is 4. The van der Waals surface area contributed by atoms with Crippen molar-refractivity contribution in [3.8, 4) is 5.75 Å². The summed E-state index contributed by atoms with van der Waals surface area (Å²) < 4.78 is 10.6. The summed E-state index contributed by atoms with van der Waals surface area (Å²) >= 11 is 0. The van der Waals surface area contributed by atoms with Gasteiger partial charge >= 0.3 is 0 Å². The van der Waals surface area contributed by atoms with Crippen molar-refractivity contribution < 1.29 is 14.3 Å². The molecule has 116 valence electrons. The molecule has 5 nitrogen and oxygen atoms in total. The Hall–Kier alpha value is -1.75. The van der Waals surface area contributed by atoms with Gasteiger partial charge in [-0.25, -0.2) is 0 Å². The number of nitrogens with one attached hydrogen (secondary N) is 1. The van der Waals surface area contributed by atoms with Gasteiger partial charge in [0.25, 0.3) is 0 Å². The topological polar surface area (TPSA) is 73.6 Å². The van der Waals surface area contributed by atoms with E-state index in [0.717, 1.165) is 0 Å². The molecule has 0 bridgehead atoms. The van der Waals surface area contributed by atoms with Gasteiger partial charge in [-0.05, 0) is 30.9 Å². The van der Waals surface area contributed by atoms with E-state index in [9.17, 15) is 4.79 Å². The van der Waals surface area contributed by atoms with Crippen LogP contribution in [0.25, 0.3) is 0 Å². The van der Waals surface area contributed by atoms with Crippen molar-refractivity contribution in [1.82, 2.24) is 0 Å². The number of hydrogen-bond donors (Lipinski definition) is 2. The van der Waals surface area contributed by atoms with Crippen LogP contribution in [0.3, 0.4) is 0 Å². The highest BCUT2D eigenvalue weighted by atomic mass is 16.5. The first-order valence-corrected chi connectivity index (χ1v) is 7.50. The average molecular weight is 292 g/mol. The zero-order valence-electron chi connectivity index (χ0n) is 12.6. The molecule has 0 heterocycles. The second kappa shape index (κ2) is 7.88. The zero-order chi connectivity index (χ0) is 15.1. The first kappa shape index (κ1) is 15.6. The average Bonchev–Trinajstić information content (AvgIpc) is 2.50. The van der Waals surface area contributed by atoms with Crippen LogP contribution in [0.5, 0.6) is 5.75 Å². The summed E-state index contributed by atoms with van der Waals surface area (Å²) in [5, 5.41) is 2.75. The van der Waals surface area contributed by atoms with Gasteiger partial charge in [-0.15, -0.1) is 0 Å². The van der Waals surface area contributed by atoms with Crippen molar-refractivity contribution in [3.63, 3.8) is 0 Å². The molecule has 0 aliphatic heterocycles. The molecule has 5 heteroatoms. The third kappa shape index (κ3) is 4.93. The Kier molecular flexibility index (Phi) is 5.87. The van der Waals surface area contributed by atoms with Crippen LogP contribution in [0.4, 0.5) is 11.4 Å². The fraction of sp³-hybridized carbons (Fsp3) is 0.562. The predicted molar refractivity (Wildman–Crippen MR) is 83.4 cm³/mol. The molecular weight excluding hydrogens is 268 g/mol. The smallest absolute Gasteiger partial charge is 0.250 e. The number of benzene rings is 1. The Morgan fingerprint density at radius 2 is 2.10 bits per heavy atom. The first-order valence-electron chi connectivity index (χ1n) is 7.50. The lowest BCUT2D eigenvalue weighted by Crippen LogP contribution is -2.22. The van der Waals surface area contributed by atoms with Gasteiger partial charge in [0.05, 0.1) is 25.1 Å². The molecule has 1 aliphatic carbocycles. The second-order valence-corrected chi connectivity index (χ2v) is 5.52. The van der Waals surface area contributed by atoms with Crippen molar-refractivity contribution in [2.45, 2.75) is 32.1 Å². The van der Waals surface area contributed by atoms with Gasteiger partial charge in [-0.2, -0.15) is 0 Å². The minimum Gasteiger partial charge on any atom is -0.497 e. The normalized spacial score (nSPS) is 15.7. The molecule has 0 saturated heterocycles. The third-order valence-electron chi connectivity index (χ3n) is 3.84. The Morgan fingerprint density at radius 1 is 1.33 bits per heavy atom. The summed E-state index contributed by atoms with van der Waals surface area (Å²) in [6.45, 7) is 0.744. The molecular formula is C16H24N2O3. The molecule has 2 rings (SSSR count). The molecule has 0 spiro atoms. The van der Waals surface area contributed by atoms with E-state index < -0.39 is 0 Å². The molecule has 1 fully saturated rings. The maximum Gasteiger partial charge on any atom is 0.250 e. The van der Waals surface area contributed by atoms with Gasteiger partial charge in [0.2, 0.25) is 5.91 Å². The molecule has 1 amide bonds. The van der Waals surface area contributed by atoms with Gasteiger partial charge in [-0.3, -0.25) is 4.79 Å². The second-order valence-electron chi connectivity index (χ2n) is 5.52. The minimum atomic E-state index is -0.178. The number of carbonyl (C=O) groups excluding carboxylic acids is 1. The lowest BCUT2D eigenvalue weighted by molar-refractivity contribution is -0.121. The Morgan fingerprint density at radius 3 is 2.76 bits per heavy atom. The van der Waals surface area contributed by atoms with Gasteiger partial charge in [0.15, 0.2) is 0 Å². The van der Waals surface area contributed by atoms with E-state index >= 15 is 0 Å². The fourth-order valence-corrected chi connectivity index (χ4v) is 2.64. The maximum absolute atomic E-state index is 11.8. The minimum absolute atomic E-state index is 0.0714. The molecule has 1 aromatic carbocycles. The Labute approximate surface area is 125 Å². The maximum atomic E-state index is 11.8. The van der Waals surface area contributed by atoms with E-state index in [-0.39, 0.29) is 12.5 Å². The number of rotatable bonds is 6. The molecule has 1 aliphatic rings. The van der Waals surface area contributed by atoms with Crippen molar-refractivity contribution in [2.75, 3.05) is 31.4 Å². The summed E-state index contributed by atoms with van der Waals surface area (Å²) in [4.78, 5) is 11.8. The van der Waals surface area contributed by atoms with Crippen LogP contribution in [0, 0.1) is 5.92 Å². The Bertz CT molecular complexity index is 471. The summed E-state index contributed by atoms with van der Waals surface area (Å²) in [6, 6.07) is 5.17. The molecule has 0 atom stereocenters. The van der Waals surface area contributed by atoms with E-state index in [1.165, 1.54) is 32.1 Å². The number of nitrogen functional groups attached to an aromatic ring is 1. The number of carbonyl (C=O) groups is 1. The van der Waals surface area contributed by atoms with Crippen LogP contribution in [-0.2, 0) is 9.53 Å². The SMILES string of the molecule is COc1ccc(NC(=O)COCC2CCCCC2)c(N)c1. The van der Waals surface area contributed by atoms with Crippen molar-refractivity contribution in [2.24, 2.45) is 5.92 Å². The van der Waals surface area contributed by atoms with Crippen LogP contribution in [0.15, 0.2) is 18.2 Å². The number of methoxy groups -OCH3 is 1. The summed E-state index contributed by atoms with van der Waals surface area (Å²) in [5.74, 6) is 1.10. The number of nitrogens with two attached hydrogens (primary N) is 1. The quantitative estimate of drug-likeness (QED) is 0.791. The third-order valence-corrected chi connectivity index (χ3v) is 3.84. The van der Waals surface area contributed by atoms with Crippen LogP contribution in [0.1, 0.15) is 32.1 Å². The van der Waals surface area contributed by atoms with E-state index in [4.69, 9.17) is 15.2 Å². The molecule has 0 radical (unpaired) electrons. The summed E-state index contributed by atoms with van der Waals surface area (Å²) in [5.41, 5.74) is 6.92. The zero-order valence-corrected chi connectivity index (χ0v) is 12.6. The van der Waals surface area contributed by atoms with Gasteiger partial charge in [0, 0.05) is 6.07 Å². The van der Waals surface area contributed by atoms with Crippen LogP contribution < -0.4 is 15.8 Å². The molecule has 3 N–H and O–H groups in total. The largest absolute Gasteiger partial charge is 0.497 e. The van der Waals surface area contributed by atoms with E-state index in [1.54, 1.807) is 25.3 Å². The fourth-order valence-electron chi connectivity index (χ4n) is 2.64. The van der Waals surface area contributed by atoms with Crippen molar-refractivity contribution in [1.29, 1.82) is 0 Å². The van der Waals surface area contributed by atoms with Gasteiger partial charge < -0.3 is 20.5 Å². The number of anilines is 2. The predicted octanol–water partition coefficient (Wildman–Crippen LogP) is 2.81. The van der Waals surface area contributed by atoms with Crippen molar-refractivity contribution >= 4 is 17.3 Å². The van der Waals surface area contributed by atoms with Gasteiger partial charge in [0.1, 0.15) is 12.4 Å². The molecule has 1 aromatic rings. The lowest BCUT2D eigenvalue weighted by atomic mass is 9.90. The number of ether oxygens (including phenoxy) is 2. The van der Waals surface area contributed by atoms with E-state index in [0.29, 0.717) is 29.6 Å². The summed E-state index contributed by atoms with van der Waals surface area (Å²) in [6.07, 6.45) is 6.32. The Balaban J connectivity index is 1.73. The first-order chi connectivity index (χ1) is 10.2. The van der Waals surface area contributed by atoms with E-state index in [1.807, 2.05) is 0 Å². The van der Waals surface area contributed by atoms with Crippen molar-refractivity contribution in [3.05, 3.63) is 18.2 Å². The molecule has 0 unspecified atom stereocenters. The molecule has 21 heavy (non-hydrogen) atoms. The molecule has 1 saturated carbocycles. The monoisotopic (exact) mass is 292 g/mol. The van der Waals surface area contributed by atoms with Crippen LogP contribution in [-0.4, -0.2) is 26.2 Å². The molecule has 0 aromatic heterocycles. The van der Waals surface area contributed by atoms with Crippen LogP contribution in [0.2, 0.25) is 0 Å². The highest BCUT2D eigenvalue weighted by molar-refractivity contribution is 5.94. The number of amides is 1. The summed E-state index contributed by atoms with van der Waals surface area (Å²) in [7, 11) is 1.58. The van der Waals surface area contributed by atoms with Gasteiger partial charge in [-0.1, -0.05) is 19.3 Å². The highest BCUT2D eigenvalue weighted by Gasteiger charge is 2.14.